The van der Waals surface area contributed by atoms with Crippen LogP contribution in [0.3, 0.4) is 0 Å². The lowest BCUT2D eigenvalue weighted by Gasteiger charge is -2.28. The predicted molar refractivity (Wildman–Crippen MR) is 129 cm³/mol. The summed E-state index contributed by atoms with van der Waals surface area (Å²) in [6, 6.07) is 21.3. The van der Waals surface area contributed by atoms with Crippen molar-refractivity contribution < 1.29 is 24.0 Å². The highest BCUT2D eigenvalue weighted by Gasteiger charge is 2.23. The quantitative estimate of drug-likeness (QED) is 0.397. The van der Waals surface area contributed by atoms with Gasteiger partial charge in [-0.1, -0.05) is 42.5 Å². The fourth-order valence-electron chi connectivity index (χ4n) is 3.64. The molecule has 10 heteroatoms. The molecule has 0 saturated carbocycles. The second kappa shape index (κ2) is 11.1. The van der Waals surface area contributed by atoms with Crippen LogP contribution >= 0.6 is 0 Å². The van der Waals surface area contributed by atoms with Crippen molar-refractivity contribution in [2.24, 2.45) is 0 Å². The first kappa shape index (κ1) is 23.7. The molecular formula is C25H24N4O6. The van der Waals surface area contributed by atoms with Gasteiger partial charge in [-0.25, -0.2) is 0 Å². The van der Waals surface area contributed by atoms with Crippen molar-refractivity contribution in [3.8, 4) is 16.9 Å². The second-order valence-corrected chi connectivity index (χ2v) is 7.74. The summed E-state index contributed by atoms with van der Waals surface area (Å²) in [6.07, 6.45) is 0. The lowest BCUT2D eigenvalue weighted by atomic mass is 10.1. The molecule has 2 amide bonds. The van der Waals surface area contributed by atoms with Gasteiger partial charge in [0.1, 0.15) is 11.4 Å². The summed E-state index contributed by atoms with van der Waals surface area (Å²) in [7, 11) is 0. The first-order valence-corrected chi connectivity index (χ1v) is 11.0. The van der Waals surface area contributed by atoms with Crippen molar-refractivity contribution in [1.29, 1.82) is 0 Å². The van der Waals surface area contributed by atoms with Crippen molar-refractivity contribution >= 4 is 23.2 Å². The van der Waals surface area contributed by atoms with Gasteiger partial charge in [0.15, 0.2) is 6.61 Å². The maximum atomic E-state index is 12.4. The SMILES string of the molecule is O=C(COc1ccc(-c2ccccc2)cc1)NNC(=O)c1ccc(N2CCOCC2)c([N+](=O)[O-])c1. The van der Waals surface area contributed by atoms with E-state index in [1.54, 1.807) is 12.1 Å². The standard InChI is InChI=1S/C25H24N4O6/c30-24(17-35-21-9-6-19(7-10-21)18-4-2-1-3-5-18)26-27-25(31)20-8-11-22(23(16-20)29(32)33)28-12-14-34-15-13-28/h1-11,16H,12-15,17H2,(H,26,30)(H,27,31). The van der Waals surface area contributed by atoms with E-state index in [-0.39, 0.29) is 17.9 Å². The number of nitrogens with one attached hydrogen (secondary N) is 2. The molecule has 2 N–H and O–H groups in total. The molecule has 1 aliphatic rings. The van der Waals surface area contributed by atoms with E-state index in [1.165, 1.54) is 18.2 Å². The molecular weight excluding hydrogens is 452 g/mol. The summed E-state index contributed by atoms with van der Waals surface area (Å²) in [5, 5.41) is 11.6. The number of morpholine rings is 1. The van der Waals surface area contributed by atoms with Crippen LogP contribution in [0, 0.1) is 10.1 Å². The molecule has 1 saturated heterocycles. The first-order chi connectivity index (χ1) is 17.0. The van der Waals surface area contributed by atoms with Crippen LogP contribution in [-0.4, -0.2) is 49.6 Å². The summed E-state index contributed by atoms with van der Waals surface area (Å²) in [6.45, 7) is 1.69. The zero-order valence-corrected chi connectivity index (χ0v) is 18.8. The lowest BCUT2D eigenvalue weighted by Crippen LogP contribution is -2.43. The monoisotopic (exact) mass is 476 g/mol. The maximum absolute atomic E-state index is 12.4. The van der Waals surface area contributed by atoms with Gasteiger partial charge in [-0.2, -0.15) is 0 Å². The number of nitro groups is 1. The number of rotatable bonds is 7. The van der Waals surface area contributed by atoms with E-state index in [0.29, 0.717) is 37.7 Å². The summed E-state index contributed by atoms with van der Waals surface area (Å²) in [4.78, 5) is 37.4. The van der Waals surface area contributed by atoms with E-state index >= 15 is 0 Å². The van der Waals surface area contributed by atoms with Crippen LogP contribution in [-0.2, 0) is 9.53 Å². The molecule has 0 spiro atoms. The molecule has 3 aromatic carbocycles. The van der Waals surface area contributed by atoms with E-state index in [1.807, 2.05) is 47.4 Å². The number of hydrazine groups is 1. The molecule has 35 heavy (non-hydrogen) atoms. The highest BCUT2D eigenvalue weighted by Crippen LogP contribution is 2.30. The molecule has 4 rings (SSSR count). The minimum atomic E-state index is -0.679. The molecule has 10 nitrogen and oxygen atoms in total. The Balaban J connectivity index is 1.30. The van der Waals surface area contributed by atoms with Gasteiger partial charge in [0, 0.05) is 24.7 Å². The molecule has 0 aromatic heterocycles. The maximum Gasteiger partial charge on any atom is 0.293 e. The van der Waals surface area contributed by atoms with E-state index in [4.69, 9.17) is 9.47 Å². The predicted octanol–water partition coefficient (Wildman–Crippen LogP) is 2.94. The zero-order chi connectivity index (χ0) is 24.6. The molecule has 0 bridgehead atoms. The summed E-state index contributed by atoms with van der Waals surface area (Å²) in [5.41, 5.74) is 6.88. The largest absolute Gasteiger partial charge is 0.484 e. The van der Waals surface area contributed by atoms with Crippen LogP contribution in [0.1, 0.15) is 10.4 Å². The van der Waals surface area contributed by atoms with Crippen LogP contribution in [0.15, 0.2) is 72.8 Å². The number of ether oxygens (including phenoxy) is 2. The van der Waals surface area contributed by atoms with Gasteiger partial charge < -0.3 is 14.4 Å². The fraction of sp³-hybridized carbons (Fsp3) is 0.200. The first-order valence-electron chi connectivity index (χ1n) is 11.0. The summed E-state index contributed by atoms with van der Waals surface area (Å²) >= 11 is 0. The van der Waals surface area contributed by atoms with Gasteiger partial charge in [-0.15, -0.1) is 0 Å². The van der Waals surface area contributed by atoms with Gasteiger partial charge in [-0.05, 0) is 35.4 Å². The number of carbonyl (C=O) groups is 2. The average Bonchev–Trinajstić information content (AvgIpc) is 2.91. The van der Waals surface area contributed by atoms with E-state index < -0.39 is 16.7 Å². The number of hydrogen-bond donors (Lipinski definition) is 2. The van der Waals surface area contributed by atoms with Crippen LogP contribution in [0.4, 0.5) is 11.4 Å². The van der Waals surface area contributed by atoms with Crippen LogP contribution in [0.5, 0.6) is 5.75 Å². The van der Waals surface area contributed by atoms with Crippen LogP contribution in [0.2, 0.25) is 0 Å². The topological polar surface area (TPSA) is 123 Å². The Morgan fingerprint density at radius 2 is 1.63 bits per heavy atom. The van der Waals surface area contributed by atoms with Gasteiger partial charge in [0.25, 0.3) is 17.5 Å². The molecule has 1 fully saturated rings. The van der Waals surface area contributed by atoms with E-state index in [2.05, 4.69) is 10.9 Å². The summed E-state index contributed by atoms with van der Waals surface area (Å²) in [5.74, 6) is -0.757. The molecule has 0 aliphatic carbocycles. The van der Waals surface area contributed by atoms with Crippen LogP contribution < -0.4 is 20.5 Å². The Morgan fingerprint density at radius 1 is 0.943 bits per heavy atom. The van der Waals surface area contributed by atoms with E-state index in [0.717, 1.165) is 11.1 Å². The Labute approximate surface area is 201 Å². The lowest BCUT2D eigenvalue weighted by molar-refractivity contribution is -0.384. The van der Waals surface area contributed by atoms with Crippen molar-refractivity contribution in [3.05, 3.63) is 88.5 Å². The highest BCUT2D eigenvalue weighted by molar-refractivity contribution is 5.96. The van der Waals surface area contributed by atoms with Gasteiger partial charge >= 0.3 is 0 Å². The van der Waals surface area contributed by atoms with Crippen LogP contribution in [0.25, 0.3) is 11.1 Å². The van der Waals surface area contributed by atoms with E-state index in [9.17, 15) is 19.7 Å². The molecule has 1 heterocycles. The van der Waals surface area contributed by atoms with Crippen molar-refractivity contribution in [3.63, 3.8) is 0 Å². The third-order valence-electron chi connectivity index (χ3n) is 5.43. The Morgan fingerprint density at radius 3 is 2.31 bits per heavy atom. The number of carbonyl (C=O) groups excluding carboxylic acids is 2. The minimum absolute atomic E-state index is 0.0476. The third kappa shape index (κ3) is 6.12. The molecule has 3 aromatic rings. The fourth-order valence-corrected chi connectivity index (χ4v) is 3.64. The Kier molecular flexibility index (Phi) is 7.53. The van der Waals surface area contributed by atoms with Gasteiger partial charge in [-0.3, -0.25) is 30.6 Å². The molecule has 1 aliphatic heterocycles. The number of benzene rings is 3. The number of nitrogens with zero attached hydrogens (tertiary/aromatic N) is 2. The highest BCUT2D eigenvalue weighted by atomic mass is 16.6. The zero-order valence-electron chi connectivity index (χ0n) is 18.8. The minimum Gasteiger partial charge on any atom is -0.484 e. The molecule has 0 atom stereocenters. The number of nitro benzene ring substituents is 1. The Bertz CT molecular complexity index is 1190. The second-order valence-electron chi connectivity index (χ2n) is 7.74. The number of anilines is 1. The molecule has 0 radical (unpaired) electrons. The van der Waals surface area contributed by atoms with Crippen molar-refractivity contribution in [1.82, 2.24) is 10.9 Å². The smallest absolute Gasteiger partial charge is 0.293 e. The third-order valence-corrected chi connectivity index (χ3v) is 5.43. The Hall–Kier alpha value is -4.44. The number of amides is 2. The molecule has 0 unspecified atom stereocenters. The molecule has 180 valence electrons. The van der Waals surface area contributed by atoms with Gasteiger partial charge in [0.2, 0.25) is 0 Å². The van der Waals surface area contributed by atoms with Crippen molar-refractivity contribution in [2.45, 2.75) is 0 Å². The summed E-state index contributed by atoms with van der Waals surface area (Å²) < 4.78 is 10.7. The normalized spacial score (nSPS) is 13.1. The average molecular weight is 476 g/mol. The van der Waals surface area contributed by atoms with Crippen molar-refractivity contribution in [2.75, 3.05) is 37.8 Å². The van der Waals surface area contributed by atoms with Gasteiger partial charge in [0.05, 0.1) is 18.1 Å². The number of hydrogen-bond acceptors (Lipinski definition) is 7.